The van der Waals surface area contributed by atoms with Crippen molar-refractivity contribution in [3.63, 3.8) is 0 Å². The summed E-state index contributed by atoms with van der Waals surface area (Å²) in [4.78, 5) is 1.27. The summed E-state index contributed by atoms with van der Waals surface area (Å²) in [7, 11) is 0. The summed E-state index contributed by atoms with van der Waals surface area (Å²) in [6.07, 6.45) is 2.07. The lowest BCUT2D eigenvalue weighted by Crippen LogP contribution is -2.17. The predicted octanol–water partition coefficient (Wildman–Crippen LogP) is 4.40. The highest BCUT2D eigenvalue weighted by Crippen LogP contribution is 2.19. The quantitative estimate of drug-likeness (QED) is 0.812. The fraction of sp³-hybridized carbons (Fsp3) is 0.250. The molecule has 0 aliphatic heterocycles. The Kier molecular flexibility index (Phi) is 5.00. The van der Waals surface area contributed by atoms with E-state index < -0.39 is 0 Å². The maximum absolute atomic E-state index is 12.8. The molecule has 0 bridgehead atoms. The minimum atomic E-state index is -0.190. The highest BCUT2D eigenvalue weighted by Gasteiger charge is 2.04. The van der Waals surface area contributed by atoms with Crippen LogP contribution >= 0.6 is 11.8 Å². The topological polar surface area (TPSA) is 12.0 Å². The van der Waals surface area contributed by atoms with E-state index in [4.69, 9.17) is 0 Å². The van der Waals surface area contributed by atoms with E-state index in [1.165, 1.54) is 22.6 Å². The minimum absolute atomic E-state index is 0.190. The Labute approximate surface area is 118 Å². The summed E-state index contributed by atoms with van der Waals surface area (Å²) in [6, 6.07) is 15.5. The number of halogens is 1. The average molecular weight is 275 g/mol. The first-order chi connectivity index (χ1) is 9.19. The van der Waals surface area contributed by atoms with Crippen LogP contribution in [0.5, 0.6) is 0 Å². The van der Waals surface area contributed by atoms with Gasteiger partial charge < -0.3 is 5.32 Å². The standard InChI is InChI=1S/C16H18FNS/c1-12(14-5-9-16(19-2)10-6-14)18-11-13-3-7-15(17)8-4-13/h3-10,12,18H,11H2,1-2H3. The average Bonchev–Trinajstić information content (AvgIpc) is 2.46. The zero-order chi connectivity index (χ0) is 13.7. The number of hydrogen-bond donors (Lipinski definition) is 1. The van der Waals surface area contributed by atoms with Crippen LogP contribution in [0.3, 0.4) is 0 Å². The minimum Gasteiger partial charge on any atom is -0.306 e. The van der Waals surface area contributed by atoms with Gasteiger partial charge in [0.05, 0.1) is 0 Å². The van der Waals surface area contributed by atoms with Gasteiger partial charge in [0.1, 0.15) is 5.82 Å². The third-order valence-electron chi connectivity index (χ3n) is 3.14. The van der Waals surface area contributed by atoms with Gasteiger partial charge in [-0.15, -0.1) is 11.8 Å². The van der Waals surface area contributed by atoms with Gasteiger partial charge in [-0.05, 0) is 48.6 Å². The number of rotatable bonds is 5. The van der Waals surface area contributed by atoms with E-state index in [1.807, 2.05) is 12.1 Å². The molecule has 100 valence electrons. The van der Waals surface area contributed by atoms with Crippen LogP contribution in [-0.4, -0.2) is 6.26 Å². The molecule has 1 N–H and O–H groups in total. The zero-order valence-corrected chi connectivity index (χ0v) is 12.0. The molecule has 0 spiro atoms. The van der Waals surface area contributed by atoms with Crippen molar-refractivity contribution >= 4 is 11.8 Å². The van der Waals surface area contributed by atoms with E-state index in [-0.39, 0.29) is 11.9 Å². The van der Waals surface area contributed by atoms with Gasteiger partial charge in [-0.2, -0.15) is 0 Å². The number of benzene rings is 2. The first-order valence-corrected chi connectivity index (χ1v) is 7.53. The van der Waals surface area contributed by atoms with E-state index in [2.05, 4.69) is 42.8 Å². The number of thioether (sulfide) groups is 1. The Morgan fingerprint density at radius 1 is 1.05 bits per heavy atom. The van der Waals surface area contributed by atoms with Crippen molar-refractivity contribution in [1.29, 1.82) is 0 Å². The molecule has 0 aliphatic rings. The lowest BCUT2D eigenvalue weighted by molar-refractivity contribution is 0.572. The maximum Gasteiger partial charge on any atom is 0.123 e. The first kappa shape index (κ1) is 14.1. The Bertz CT molecular complexity index is 507. The van der Waals surface area contributed by atoms with Gasteiger partial charge in [-0.1, -0.05) is 24.3 Å². The highest BCUT2D eigenvalue weighted by atomic mass is 32.2. The second-order valence-corrected chi connectivity index (χ2v) is 5.38. The third kappa shape index (κ3) is 4.08. The van der Waals surface area contributed by atoms with Gasteiger partial charge in [0.25, 0.3) is 0 Å². The monoisotopic (exact) mass is 275 g/mol. The molecule has 19 heavy (non-hydrogen) atoms. The van der Waals surface area contributed by atoms with Crippen LogP contribution in [0, 0.1) is 5.82 Å². The second kappa shape index (κ2) is 6.73. The van der Waals surface area contributed by atoms with Crippen molar-refractivity contribution in [1.82, 2.24) is 5.32 Å². The third-order valence-corrected chi connectivity index (χ3v) is 3.89. The number of nitrogens with one attached hydrogen (secondary N) is 1. The summed E-state index contributed by atoms with van der Waals surface area (Å²) in [5, 5.41) is 3.44. The Morgan fingerprint density at radius 3 is 2.26 bits per heavy atom. The molecular formula is C16H18FNS. The van der Waals surface area contributed by atoms with Gasteiger partial charge in [0.2, 0.25) is 0 Å². The normalized spacial score (nSPS) is 12.4. The molecule has 0 aromatic heterocycles. The Morgan fingerprint density at radius 2 is 1.68 bits per heavy atom. The van der Waals surface area contributed by atoms with Gasteiger partial charge in [-0.25, -0.2) is 4.39 Å². The van der Waals surface area contributed by atoms with Crippen molar-refractivity contribution in [3.05, 3.63) is 65.5 Å². The van der Waals surface area contributed by atoms with E-state index in [0.717, 1.165) is 12.1 Å². The van der Waals surface area contributed by atoms with E-state index in [0.29, 0.717) is 0 Å². The molecule has 0 radical (unpaired) electrons. The van der Waals surface area contributed by atoms with Crippen LogP contribution < -0.4 is 5.32 Å². The molecule has 1 nitrogen and oxygen atoms in total. The van der Waals surface area contributed by atoms with Crippen molar-refractivity contribution in [2.45, 2.75) is 24.4 Å². The predicted molar refractivity (Wildman–Crippen MR) is 79.9 cm³/mol. The SMILES string of the molecule is CSc1ccc(C(C)NCc2ccc(F)cc2)cc1. The molecule has 0 amide bonds. The van der Waals surface area contributed by atoms with Crippen molar-refractivity contribution in [2.24, 2.45) is 0 Å². The first-order valence-electron chi connectivity index (χ1n) is 6.31. The summed E-state index contributed by atoms with van der Waals surface area (Å²) < 4.78 is 12.8. The van der Waals surface area contributed by atoms with Gasteiger partial charge >= 0.3 is 0 Å². The molecule has 0 saturated heterocycles. The number of hydrogen-bond acceptors (Lipinski definition) is 2. The lowest BCUT2D eigenvalue weighted by atomic mass is 10.1. The van der Waals surface area contributed by atoms with Crippen LogP contribution in [0.4, 0.5) is 4.39 Å². The molecule has 2 aromatic rings. The van der Waals surface area contributed by atoms with Gasteiger partial charge in [0.15, 0.2) is 0 Å². The largest absolute Gasteiger partial charge is 0.306 e. The highest BCUT2D eigenvalue weighted by molar-refractivity contribution is 7.98. The Balaban J connectivity index is 1.93. The van der Waals surface area contributed by atoms with E-state index >= 15 is 0 Å². The Hall–Kier alpha value is -1.32. The van der Waals surface area contributed by atoms with Crippen LogP contribution in [-0.2, 0) is 6.54 Å². The van der Waals surface area contributed by atoms with Gasteiger partial charge in [-0.3, -0.25) is 0 Å². The van der Waals surface area contributed by atoms with E-state index in [1.54, 1.807) is 11.8 Å². The van der Waals surface area contributed by atoms with Crippen LogP contribution in [0.2, 0.25) is 0 Å². The molecule has 0 saturated carbocycles. The summed E-state index contributed by atoms with van der Waals surface area (Å²) >= 11 is 1.74. The smallest absolute Gasteiger partial charge is 0.123 e. The molecule has 1 unspecified atom stereocenters. The van der Waals surface area contributed by atoms with Crippen molar-refractivity contribution < 1.29 is 4.39 Å². The summed E-state index contributed by atoms with van der Waals surface area (Å²) in [5.41, 5.74) is 2.36. The molecule has 1 atom stereocenters. The molecule has 3 heteroatoms. The molecule has 2 aromatic carbocycles. The molecular weight excluding hydrogens is 257 g/mol. The van der Waals surface area contributed by atoms with Crippen molar-refractivity contribution in [2.75, 3.05) is 6.26 Å². The summed E-state index contributed by atoms with van der Waals surface area (Å²) in [5.74, 6) is -0.190. The van der Waals surface area contributed by atoms with Crippen molar-refractivity contribution in [3.8, 4) is 0 Å². The maximum atomic E-state index is 12.8. The summed E-state index contributed by atoms with van der Waals surface area (Å²) in [6.45, 7) is 2.88. The van der Waals surface area contributed by atoms with Crippen LogP contribution in [0.1, 0.15) is 24.1 Å². The zero-order valence-electron chi connectivity index (χ0n) is 11.2. The molecule has 0 heterocycles. The van der Waals surface area contributed by atoms with E-state index in [9.17, 15) is 4.39 Å². The fourth-order valence-electron chi connectivity index (χ4n) is 1.88. The second-order valence-electron chi connectivity index (χ2n) is 4.50. The molecule has 0 fully saturated rings. The molecule has 0 aliphatic carbocycles. The van der Waals surface area contributed by atoms with Crippen LogP contribution in [0.25, 0.3) is 0 Å². The van der Waals surface area contributed by atoms with Crippen LogP contribution in [0.15, 0.2) is 53.4 Å². The fourth-order valence-corrected chi connectivity index (χ4v) is 2.29. The molecule has 2 rings (SSSR count). The van der Waals surface area contributed by atoms with Gasteiger partial charge in [0, 0.05) is 17.5 Å². The lowest BCUT2D eigenvalue weighted by Gasteiger charge is -2.14.